The number of carbonyl (C=O) groups excluding carboxylic acids is 1. The minimum absolute atomic E-state index is 0.0428. The fraction of sp³-hybridized carbons (Fsp3) is 0.360. The molecule has 3 aromatic rings. The highest BCUT2D eigenvalue weighted by atomic mass is 16.5. The van der Waals surface area contributed by atoms with Gasteiger partial charge in [-0.15, -0.1) is 0 Å². The van der Waals surface area contributed by atoms with E-state index in [1.807, 2.05) is 72.0 Å². The van der Waals surface area contributed by atoms with Gasteiger partial charge in [-0.25, -0.2) is 4.68 Å². The molecule has 1 amide bonds. The highest BCUT2D eigenvalue weighted by molar-refractivity contribution is 5.95. The van der Waals surface area contributed by atoms with Crippen LogP contribution in [0.1, 0.15) is 40.0 Å². The van der Waals surface area contributed by atoms with Crippen LogP contribution in [-0.4, -0.2) is 47.0 Å². The molecule has 1 aliphatic heterocycles. The van der Waals surface area contributed by atoms with Gasteiger partial charge in [-0.05, 0) is 44.4 Å². The van der Waals surface area contributed by atoms with E-state index >= 15 is 0 Å². The molecule has 1 atom stereocenters. The maximum absolute atomic E-state index is 13.7. The summed E-state index contributed by atoms with van der Waals surface area (Å²) in [5.41, 5.74) is 4.50. The van der Waals surface area contributed by atoms with Crippen LogP contribution in [0, 0.1) is 13.8 Å². The minimum Gasteiger partial charge on any atom is -0.496 e. The lowest BCUT2D eigenvalue weighted by Gasteiger charge is -2.26. The van der Waals surface area contributed by atoms with Crippen LogP contribution < -0.4 is 4.74 Å². The van der Waals surface area contributed by atoms with Crippen LogP contribution in [0.3, 0.4) is 0 Å². The van der Waals surface area contributed by atoms with Crippen LogP contribution in [0.2, 0.25) is 0 Å². The average molecular weight is 420 g/mol. The van der Waals surface area contributed by atoms with Crippen molar-refractivity contribution in [2.24, 2.45) is 0 Å². The van der Waals surface area contributed by atoms with E-state index in [0.717, 1.165) is 47.7 Å². The number of rotatable bonds is 7. The minimum atomic E-state index is -0.0428. The van der Waals surface area contributed by atoms with Gasteiger partial charge in [0, 0.05) is 25.3 Å². The number of nitrogens with zero attached hydrogens (tertiary/aromatic N) is 3. The van der Waals surface area contributed by atoms with E-state index in [4.69, 9.17) is 9.47 Å². The fourth-order valence-corrected chi connectivity index (χ4v) is 4.13. The van der Waals surface area contributed by atoms with E-state index in [1.54, 1.807) is 13.3 Å². The van der Waals surface area contributed by atoms with Gasteiger partial charge in [0.15, 0.2) is 0 Å². The Bertz CT molecular complexity index is 1050. The molecule has 0 saturated carbocycles. The molecule has 1 aromatic heterocycles. The standard InChI is InChI=1S/C25H29N3O3/c1-18-9-4-6-12-23(18)28-19(2)22(15-26-28)25(29)27(17-21-11-8-14-31-21)16-20-10-5-7-13-24(20)30-3/h4-7,9-10,12-13,15,21H,8,11,14,16-17H2,1-3H3. The summed E-state index contributed by atoms with van der Waals surface area (Å²) < 4.78 is 13.2. The van der Waals surface area contributed by atoms with Gasteiger partial charge in [-0.2, -0.15) is 5.10 Å². The average Bonchev–Trinajstić information content (AvgIpc) is 3.43. The number of amides is 1. The molecular weight excluding hydrogens is 390 g/mol. The molecule has 6 nitrogen and oxygen atoms in total. The molecule has 1 aliphatic rings. The third-order valence-corrected chi connectivity index (χ3v) is 5.87. The highest BCUT2D eigenvalue weighted by Crippen LogP contribution is 2.24. The first-order valence-corrected chi connectivity index (χ1v) is 10.7. The zero-order valence-electron chi connectivity index (χ0n) is 18.4. The van der Waals surface area contributed by atoms with Crippen LogP contribution in [0.25, 0.3) is 5.69 Å². The van der Waals surface area contributed by atoms with Gasteiger partial charge in [-0.1, -0.05) is 36.4 Å². The van der Waals surface area contributed by atoms with Crippen LogP contribution in [0.5, 0.6) is 5.75 Å². The Morgan fingerprint density at radius 2 is 1.97 bits per heavy atom. The first-order chi connectivity index (χ1) is 15.1. The number of ether oxygens (including phenoxy) is 2. The van der Waals surface area contributed by atoms with Gasteiger partial charge in [0.2, 0.25) is 0 Å². The van der Waals surface area contributed by atoms with Crippen molar-refractivity contribution < 1.29 is 14.3 Å². The number of aryl methyl sites for hydroxylation is 1. The Morgan fingerprint density at radius 3 is 2.71 bits per heavy atom. The van der Waals surface area contributed by atoms with E-state index in [-0.39, 0.29) is 12.0 Å². The number of para-hydroxylation sites is 2. The summed E-state index contributed by atoms with van der Waals surface area (Å²) in [6.07, 6.45) is 3.74. The van der Waals surface area contributed by atoms with Gasteiger partial charge in [-0.3, -0.25) is 4.79 Å². The van der Waals surface area contributed by atoms with Crippen molar-refractivity contribution in [1.29, 1.82) is 0 Å². The Morgan fingerprint density at radius 1 is 1.19 bits per heavy atom. The number of hydrogen-bond acceptors (Lipinski definition) is 4. The van der Waals surface area contributed by atoms with E-state index < -0.39 is 0 Å². The predicted octanol–water partition coefficient (Wildman–Crippen LogP) is 4.32. The topological polar surface area (TPSA) is 56.6 Å². The molecule has 0 bridgehead atoms. The maximum Gasteiger partial charge on any atom is 0.257 e. The largest absolute Gasteiger partial charge is 0.496 e. The molecule has 0 spiro atoms. The van der Waals surface area contributed by atoms with E-state index in [9.17, 15) is 4.79 Å². The molecule has 2 heterocycles. The van der Waals surface area contributed by atoms with E-state index in [1.165, 1.54) is 0 Å². The second kappa shape index (κ2) is 9.35. The number of hydrogen-bond donors (Lipinski definition) is 0. The second-order valence-corrected chi connectivity index (χ2v) is 7.97. The number of carbonyl (C=O) groups is 1. The number of aromatic nitrogens is 2. The summed E-state index contributed by atoms with van der Waals surface area (Å²) in [4.78, 5) is 15.5. The fourth-order valence-electron chi connectivity index (χ4n) is 4.13. The number of methoxy groups -OCH3 is 1. The number of benzene rings is 2. The van der Waals surface area contributed by atoms with E-state index in [2.05, 4.69) is 5.10 Å². The predicted molar refractivity (Wildman–Crippen MR) is 120 cm³/mol. The molecule has 31 heavy (non-hydrogen) atoms. The summed E-state index contributed by atoms with van der Waals surface area (Å²) in [5.74, 6) is 0.735. The molecule has 2 aromatic carbocycles. The molecule has 4 rings (SSSR count). The van der Waals surface area contributed by atoms with Gasteiger partial charge in [0.25, 0.3) is 5.91 Å². The molecule has 0 N–H and O–H groups in total. The van der Waals surface area contributed by atoms with Gasteiger partial charge < -0.3 is 14.4 Å². The van der Waals surface area contributed by atoms with Crippen LogP contribution in [-0.2, 0) is 11.3 Å². The van der Waals surface area contributed by atoms with Crippen molar-refractivity contribution in [3.8, 4) is 11.4 Å². The summed E-state index contributed by atoms with van der Waals surface area (Å²) in [7, 11) is 1.65. The molecule has 1 unspecified atom stereocenters. The van der Waals surface area contributed by atoms with E-state index in [0.29, 0.717) is 18.7 Å². The molecular formula is C25H29N3O3. The normalized spacial score (nSPS) is 15.8. The second-order valence-electron chi connectivity index (χ2n) is 7.97. The van der Waals surface area contributed by atoms with Crippen molar-refractivity contribution in [2.75, 3.05) is 20.3 Å². The maximum atomic E-state index is 13.7. The summed E-state index contributed by atoms with van der Waals surface area (Å²) >= 11 is 0. The monoisotopic (exact) mass is 419 g/mol. The molecule has 1 saturated heterocycles. The smallest absolute Gasteiger partial charge is 0.257 e. The SMILES string of the molecule is COc1ccccc1CN(CC1CCCO1)C(=O)c1cnn(-c2ccccc2C)c1C. The summed E-state index contributed by atoms with van der Waals surface area (Å²) in [6.45, 7) is 5.75. The van der Waals surface area contributed by atoms with Gasteiger partial charge in [0.05, 0.1) is 36.4 Å². The summed E-state index contributed by atoms with van der Waals surface area (Å²) in [6, 6.07) is 15.9. The van der Waals surface area contributed by atoms with Crippen molar-refractivity contribution in [1.82, 2.24) is 14.7 Å². The first kappa shape index (κ1) is 21.1. The zero-order chi connectivity index (χ0) is 21.8. The third kappa shape index (κ3) is 4.49. The highest BCUT2D eigenvalue weighted by Gasteiger charge is 2.27. The Balaban J connectivity index is 1.65. The quantitative estimate of drug-likeness (QED) is 0.572. The molecule has 6 heteroatoms. The lowest BCUT2D eigenvalue weighted by Crippen LogP contribution is -2.37. The summed E-state index contributed by atoms with van der Waals surface area (Å²) in [5, 5.41) is 4.54. The Kier molecular flexibility index (Phi) is 6.37. The van der Waals surface area contributed by atoms with Gasteiger partial charge in [0.1, 0.15) is 5.75 Å². The van der Waals surface area contributed by atoms with Gasteiger partial charge >= 0.3 is 0 Å². The van der Waals surface area contributed by atoms with Crippen LogP contribution in [0.15, 0.2) is 54.7 Å². The molecule has 1 fully saturated rings. The van der Waals surface area contributed by atoms with Crippen molar-refractivity contribution >= 4 is 5.91 Å². The molecule has 0 aliphatic carbocycles. The lowest BCUT2D eigenvalue weighted by atomic mass is 10.1. The Hall–Kier alpha value is -3.12. The third-order valence-electron chi connectivity index (χ3n) is 5.87. The van der Waals surface area contributed by atoms with Crippen molar-refractivity contribution in [3.63, 3.8) is 0 Å². The first-order valence-electron chi connectivity index (χ1n) is 10.7. The van der Waals surface area contributed by atoms with Crippen molar-refractivity contribution in [2.45, 2.75) is 39.3 Å². The Labute approximate surface area is 183 Å². The van der Waals surface area contributed by atoms with Crippen molar-refractivity contribution in [3.05, 3.63) is 77.1 Å². The molecule has 162 valence electrons. The zero-order valence-corrected chi connectivity index (χ0v) is 18.4. The molecule has 0 radical (unpaired) electrons. The lowest BCUT2D eigenvalue weighted by molar-refractivity contribution is 0.0505. The van der Waals surface area contributed by atoms with Crippen LogP contribution in [0.4, 0.5) is 0 Å². The van der Waals surface area contributed by atoms with Crippen LogP contribution >= 0.6 is 0 Å².